The van der Waals surface area contributed by atoms with Gasteiger partial charge in [-0.1, -0.05) is 31.2 Å². The topological polar surface area (TPSA) is 24.9 Å². The predicted molar refractivity (Wildman–Crippen MR) is 93.9 cm³/mol. The summed E-state index contributed by atoms with van der Waals surface area (Å²) in [6.07, 6.45) is 2.97. The molecule has 0 aliphatic rings. The second-order valence-electron chi connectivity index (χ2n) is 4.98. The zero-order chi connectivity index (χ0) is 14.7. The highest BCUT2D eigenvalue weighted by Crippen LogP contribution is 2.34. The summed E-state index contributed by atoms with van der Waals surface area (Å²) in [6, 6.07) is 10.7. The molecule has 0 amide bonds. The van der Waals surface area contributed by atoms with E-state index in [-0.39, 0.29) is 6.04 Å². The highest BCUT2D eigenvalue weighted by Gasteiger charge is 2.19. The number of fused-ring (bicyclic) bond motifs is 1. The average Bonchev–Trinajstić information content (AvgIpc) is 2.94. The lowest BCUT2D eigenvalue weighted by Crippen LogP contribution is -2.23. The van der Waals surface area contributed by atoms with Gasteiger partial charge in [0.05, 0.1) is 11.6 Å². The van der Waals surface area contributed by atoms with Crippen LogP contribution in [0.5, 0.6) is 0 Å². The molecule has 1 unspecified atom stereocenters. The van der Waals surface area contributed by atoms with Crippen molar-refractivity contribution in [2.75, 3.05) is 6.54 Å². The Balaban J connectivity index is 2.12. The minimum Gasteiger partial charge on any atom is -0.306 e. The molecular weight excluding hydrogens is 344 g/mol. The van der Waals surface area contributed by atoms with Crippen LogP contribution < -0.4 is 5.32 Å². The van der Waals surface area contributed by atoms with Crippen LogP contribution in [0, 0.1) is 0 Å². The Bertz CT molecular complexity index is 733. The van der Waals surface area contributed by atoms with Gasteiger partial charge < -0.3 is 5.32 Å². The third-order valence-corrected chi connectivity index (χ3v) is 5.28. The van der Waals surface area contributed by atoms with Gasteiger partial charge in [0.2, 0.25) is 0 Å². The molecule has 2 aromatic heterocycles. The maximum atomic E-state index is 4.60. The monoisotopic (exact) mass is 360 g/mol. The first-order valence-electron chi connectivity index (χ1n) is 7.10. The molecule has 1 aromatic carbocycles. The molecule has 2 heterocycles. The molecule has 1 atom stereocenters. The van der Waals surface area contributed by atoms with Crippen molar-refractivity contribution in [3.8, 4) is 0 Å². The molecule has 2 nitrogen and oxygen atoms in total. The lowest BCUT2D eigenvalue weighted by Gasteiger charge is -2.20. The molecule has 108 valence electrons. The van der Waals surface area contributed by atoms with Gasteiger partial charge in [0, 0.05) is 21.4 Å². The van der Waals surface area contributed by atoms with E-state index >= 15 is 0 Å². The zero-order valence-corrected chi connectivity index (χ0v) is 14.2. The van der Waals surface area contributed by atoms with Gasteiger partial charge in [-0.2, -0.15) is 11.3 Å². The Morgan fingerprint density at radius 3 is 2.81 bits per heavy atom. The fourth-order valence-corrected chi connectivity index (χ4v) is 4.09. The van der Waals surface area contributed by atoms with Gasteiger partial charge in [0.15, 0.2) is 0 Å². The number of hydrogen-bond donors (Lipinski definition) is 1. The van der Waals surface area contributed by atoms with Crippen LogP contribution in [0.4, 0.5) is 0 Å². The molecule has 4 heteroatoms. The van der Waals surface area contributed by atoms with E-state index in [1.165, 1.54) is 16.5 Å². The van der Waals surface area contributed by atoms with E-state index in [1.807, 2.05) is 12.3 Å². The summed E-state index contributed by atoms with van der Waals surface area (Å²) in [5.74, 6) is 0. The van der Waals surface area contributed by atoms with E-state index in [9.17, 15) is 0 Å². The van der Waals surface area contributed by atoms with Crippen LogP contribution in [-0.4, -0.2) is 11.5 Å². The zero-order valence-electron chi connectivity index (χ0n) is 11.8. The van der Waals surface area contributed by atoms with Gasteiger partial charge in [-0.05, 0) is 51.5 Å². The van der Waals surface area contributed by atoms with Gasteiger partial charge >= 0.3 is 0 Å². The number of hydrogen-bond acceptors (Lipinski definition) is 3. The van der Waals surface area contributed by atoms with Crippen molar-refractivity contribution >= 4 is 38.2 Å². The molecule has 0 aliphatic carbocycles. The van der Waals surface area contributed by atoms with Crippen LogP contribution in [0.15, 0.2) is 51.8 Å². The Hall–Kier alpha value is -1.23. The van der Waals surface area contributed by atoms with Crippen molar-refractivity contribution in [3.63, 3.8) is 0 Å². The molecule has 0 spiro atoms. The van der Waals surface area contributed by atoms with Crippen LogP contribution >= 0.6 is 27.3 Å². The maximum Gasteiger partial charge on any atom is 0.0753 e. The van der Waals surface area contributed by atoms with Crippen molar-refractivity contribution in [3.05, 3.63) is 62.9 Å². The normalized spacial score (nSPS) is 12.7. The van der Waals surface area contributed by atoms with Crippen LogP contribution in [0.2, 0.25) is 0 Å². The first kappa shape index (κ1) is 14.7. The molecule has 0 aliphatic heterocycles. The first-order chi connectivity index (χ1) is 10.3. The minimum atomic E-state index is 0.171. The number of rotatable bonds is 5. The summed E-state index contributed by atoms with van der Waals surface area (Å²) >= 11 is 5.39. The highest BCUT2D eigenvalue weighted by molar-refractivity contribution is 9.10. The van der Waals surface area contributed by atoms with E-state index in [4.69, 9.17) is 0 Å². The number of para-hydroxylation sites is 1. The number of pyridine rings is 1. The summed E-state index contributed by atoms with van der Waals surface area (Å²) in [4.78, 5) is 4.60. The van der Waals surface area contributed by atoms with Crippen molar-refractivity contribution in [1.29, 1.82) is 0 Å². The fourth-order valence-electron chi connectivity index (χ4n) is 2.53. The molecule has 1 N–H and O–H groups in total. The number of benzene rings is 1. The maximum absolute atomic E-state index is 4.60. The third kappa shape index (κ3) is 3.03. The van der Waals surface area contributed by atoms with Crippen LogP contribution in [-0.2, 0) is 0 Å². The Labute approximate surface area is 137 Å². The predicted octanol–water partition coefficient (Wildman–Crippen LogP) is 5.15. The smallest absolute Gasteiger partial charge is 0.0753 e. The number of halogens is 1. The van der Waals surface area contributed by atoms with Crippen molar-refractivity contribution < 1.29 is 0 Å². The molecule has 3 aromatic rings. The van der Waals surface area contributed by atoms with Gasteiger partial charge in [0.25, 0.3) is 0 Å². The highest BCUT2D eigenvalue weighted by atomic mass is 79.9. The van der Waals surface area contributed by atoms with Crippen LogP contribution in [0.1, 0.15) is 30.5 Å². The van der Waals surface area contributed by atoms with Crippen molar-refractivity contribution in [2.45, 2.75) is 19.4 Å². The quantitative estimate of drug-likeness (QED) is 0.680. The number of aromatic nitrogens is 1. The molecule has 0 bridgehead atoms. The molecule has 0 fully saturated rings. The van der Waals surface area contributed by atoms with Crippen LogP contribution in [0.3, 0.4) is 0 Å². The summed E-state index contributed by atoms with van der Waals surface area (Å²) in [5.41, 5.74) is 3.60. The van der Waals surface area contributed by atoms with E-state index in [1.54, 1.807) is 11.3 Å². The SMILES string of the molecule is CCCNC(c1cscc1Br)c1cccc2cccnc12. The second-order valence-corrected chi connectivity index (χ2v) is 6.58. The van der Waals surface area contributed by atoms with Gasteiger partial charge in [-0.15, -0.1) is 0 Å². The fraction of sp³-hybridized carbons (Fsp3) is 0.235. The second kappa shape index (κ2) is 6.69. The van der Waals surface area contributed by atoms with Gasteiger partial charge in [0.1, 0.15) is 0 Å². The molecule has 0 radical (unpaired) electrons. The van der Waals surface area contributed by atoms with Gasteiger partial charge in [-0.25, -0.2) is 0 Å². The molecular formula is C17H17BrN2S. The number of nitrogens with zero attached hydrogens (tertiary/aromatic N) is 1. The van der Waals surface area contributed by atoms with E-state index in [2.05, 4.69) is 68.2 Å². The largest absolute Gasteiger partial charge is 0.306 e. The summed E-state index contributed by atoms with van der Waals surface area (Å²) in [5, 5.41) is 9.18. The molecule has 21 heavy (non-hydrogen) atoms. The van der Waals surface area contributed by atoms with E-state index in [0.29, 0.717) is 0 Å². The minimum absolute atomic E-state index is 0.171. The standard InChI is InChI=1S/C17H17BrN2S/c1-2-8-19-17(14-10-21-11-15(14)18)13-7-3-5-12-6-4-9-20-16(12)13/h3-7,9-11,17,19H,2,8H2,1H3. The van der Waals surface area contributed by atoms with Crippen LogP contribution in [0.25, 0.3) is 10.9 Å². The third-order valence-electron chi connectivity index (χ3n) is 3.53. The lowest BCUT2D eigenvalue weighted by atomic mass is 9.98. The molecule has 3 rings (SSSR count). The first-order valence-corrected chi connectivity index (χ1v) is 8.83. The van der Waals surface area contributed by atoms with Crippen molar-refractivity contribution in [1.82, 2.24) is 10.3 Å². The lowest BCUT2D eigenvalue weighted by molar-refractivity contribution is 0.601. The van der Waals surface area contributed by atoms with E-state index < -0.39 is 0 Å². The Kier molecular flexibility index (Phi) is 4.68. The average molecular weight is 361 g/mol. The van der Waals surface area contributed by atoms with Crippen molar-refractivity contribution in [2.24, 2.45) is 0 Å². The summed E-state index contributed by atoms with van der Waals surface area (Å²) < 4.78 is 1.16. The molecule has 0 saturated heterocycles. The Morgan fingerprint density at radius 1 is 1.19 bits per heavy atom. The Morgan fingerprint density at radius 2 is 2.05 bits per heavy atom. The number of nitrogens with one attached hydrogen (secondary N) is 1. The summed E-state index contributed by atoms with van der Waals surface area (Å²) in [6.45, 7) is 3.17. The van der Waals surface area contributed by atoms with E-state index in [0.717, 1.165) is 23.0 Å². The summed E-state index contributed by atoms with van der Waals surface area (Å²) in [7, 11) is 0. The molecule has 0 saturated carbocycles. The number of thiophene rings is 1. The van der Waals surface area contributed by atoms with Gasteiger partial charge in [-0.3, -0.25) is 4.98 Å².